The number of rotatable bonds is 8. The van der Waals surface area contributed by atoms with Gasteiger partial charge in [0.15, 0.2) is 0 Å². The number of hydrogen-bond acceptors (Lipinski definition) is 6. The summed E-state index contributed by atoms with van der Waals surface area (Å²) >= 11 is 0. The van der Waals surface area contributed by atoms with E-state index in [-0.39, 0.29) is 11.3 Å². The van der Waals surface area contributed by atoms with Gasteiger partial charge in [-0.15, -0.1) is 0 Å². The molecule has 2 N–H and O–H groups in total. The van der Waals surface area contributed by atoms with Crippen LogP contribution in [0.3, 0.4) is 0 Å². The number of pyridine rings is 1. The van der Waals surface area contributed by atoms with Gasteiger partial charge in [-0.2, -0.15) is 5.10 Å². The molecule has 0 aliphatic carbocycles. The second-order valence-corrected chi connectivity index (χ2v) is 7.16. The average molecular weight is 407 g/mol. The Labute approximate surface area is 174 Å². The fraction of sp³-hybridized carbons (Fsp3) is 0.304. The zero-order valence-electron chi connectivity index (χ0n) is 17.1. The van der Waals surface area contributed by atoms with Crippen LogP contribution in [-0.2, 0) is 6.42 Å². The van der Waals surface area contributed by atoms with Gasteiger partial charge in [-0.1, -0.05) is 26.2 Å². The van der Waals surface area contributed by atoms with Crippen molar-refractivity contribution in [3.05, 3.63) is 69.8 Å². The number of unbranched alkanes of at least 4 members (excludes halogenated alkanes) is 3. The molecule has 0 unspecified atom stereocenters. The van der Waals surface area contributed by atoms with E-state index in [1.54, 1.807) is 31.3 Å². The van der Waals surface area contributed by atoms with Crippen LogP contribution < -0.4 is 11.1 Å². The molecule has 0 radical (unpaired) electrons. The predicted molar refractivity (Wildman–Crippen MR) is 116 cm³/mol. The first-order chi connectivity index (χ1) is 14.5. The third-order valence-electron chi connectivity index (χ3n) is 4.87. The van der Waals surface area contributed by atoms with Crippen LogP contribution in [0.25, 0.3) is 11.0 Å². The molecule has 0 fully saturated rings. The minimum atomic E-state index is -0.588. The Hall–Kier alpha value is -3.48. The fourth-order valence-corrected chi connectivity index (χ4v) is 3.15. The number of nitrogens with one attached hydrogen (secondary N) is 1. The van der Waals surface area contributed by atoms with Gasteiger partial charge in [-0.25, -0.2) is 10.2 Å². The molecule has 30 heavy (non-hydrogen) atoms. The summed E-state index contributed by atoms with van der Waals surface area (Å²) in [5.74, 6) is -0.295. The Bertz CT molecular complexity index is 1120. The van der Waals surface area contributed by atoms with E-state index in [9.17, 15) is 14.7 Å². The third kappa shape index (κ3) is 5.11. The van der Waals surface area contributed by atoms with Crippen molar-refractivity contribution in [1.29, 1.82) is 0 Å². The molecule has 3 rings (SSSR count). The summed E-state index contributed by atoms with van der Waals surface area (Å²) in [4.78, 5) is 28.4. The Kier molecular flexibility index (Phi) is 6.95. The molecule has 7 nitrogen and oxygen atoms in total. The highest BCUT2D eigenvalue weighted by Crippen LogP contribution is 2.26. The van der Waals surface area contributed by atoms with E-state index in [4.69, 9.17) is 4.42 Å². The van der Waals surface area contributed by atoms with Crippen molar-refractivity contribution in [3.8, 4) is 5.75 Å². The van der Waals surface area contributed by atoms with Gasteiger partial charge in [0.1, 0.15) is 11.3 Å². The van der Waals surface area contributed by atoms with E-state index < -0.39 is 11.5 Å². The largest absolute Gasteiger partial charge is 0.508 e. The quantitative estimate of drug-likeness (QED) is 0.252. The van der Waals surface area contributed by atoms with E-state index in [1.807, 2.05) is 6.07 Å². The topological polar surface area (TPSA) is 105 Å². The highest BCUT2D eigenvalue weighted by molar-refractivity contribution is 6.02. The second-order valence-electron chi connectivity index (χ2n) is 7.16. The summed E-state index contributed by atoms with van der Waals surface area (Å²) in [5, 5.41) is 15.0. The number of nitrogens with zero attached hydrogens (tertiary/aromatic N) is 2. The summed E-state index contributed by atoms with van der Waals surface area (Å²) in [6.45, 7) is 3.77. The molecule has 0 aliphatic rings. The first-order valence-electron chi connectivity index (χ1n) is 10.0. The van der Waals surface area contributed by atoms with Crippen molar-refractivity contribution in [1.82, 2.24) is 10.4 Å². The van der Waals surface area contributed by atoms with E-state index in [1.165, 1.54) is 12.3 Å². The molecule has 0 spiro atoms. The van der Waals surface area contributed by atoms with Crippen LogP contribution in [0.2, 0.25) is 0 Å². The van der Waals surface area contributed by atoms with Crippen LogP contribution in [-0.4, -0.2) is 21.7 Å². The lowest BCUT2D eigenvalue weighted by Gasteiger charge is -2.08. The lowest BCUT2D eigenvalue weighted by molar-refractivity contribution is 0.0954. The van der Waals surface area contributed by atoms with Gasteiger partial charge in [-0.3, -0.25) is 9.78 Å². The number of phenolic OH excluding ortho intramolecular Hbond substituents is 1. The van der Waals surface area contributed by atoms with Gasteiger partial charge in [0.2, 0.25) is 0 Å². The number of aromatic nitrogens is 1. The summed E-state index contributed by atoms with van der Waals surface area (Å²) in [5.41, 5.74) is 3.89. The van der Waals surface area contributed by atoms with Crippen LogP contribution in [0.5, 0.6) is 5.75 Å². The molecule has 0 bridgehead atoms. The van der Waals surface area contributed by atoms with E-state index in [2.05, 4.69) is 22.4 Å². The van der Waals surface area contributed by atoms with E-state index >= 15 is 0 Å². The Morgan fingerprint density at radius 1 is 1.23 bits per heavy atom. The number of carbonyl (C=O) groups is 1. The molecule has 7 heteroatoms. The van der Waals surface area contributed by atoms with Gasteiger partial charge in [0.05, 0.1) is 16.8 Å². The van der Waals surface area contributed by atoms with Crippen LogP contribution in [0.4, 0.5) is 0 Å². The maximum atomic E-state index is 12.4. The number of aromatic hydroxyl groups is 1. The summed E-state index contributed by atoms with van der Waals surface area (Å²) in [7, 11) is 0. The average Bonchev–Trinajstić information content (AvgIpc) is 2.75. The molecule has 0 saturated heterocycles. The number of phenols is 1. The summed E-state index contributed by atoms with van der Waals surface area (Å²) in [6, 6.07) is 8.26. The number of fused-ring (bicyclic) bond motifs is 1. The van der Waals surface area contributed by atoms with E-state index in [0.717, 1.165) is 37.7 Å². The predicted octanol–water partition coefficient (Wildman–Crippen LogP) is 4.17. The molecule has 1 amide bonds. The Morgan fingerprint density at radius 2 is 2.07 bits per heavy atom. The van der Waals surface area contributed by atoms with Crippen molar-refractivity contribution < 1.29 is 14.3 Å². The SMILES string of the molecule is CCCCCCc1cc2cc(/C(C)=N/NC(=O)c3cccnc3)c(=O)oc2cc1O. The maximum Gasteiger partial charge on any atom is 0.345 e. The normalized spacial score (nSPS) is 11.6. The number of hydrazone groups is 1. The molecule has 2 aromatic heterocycles. The highest BCUT2D eigenvalue weighted by atomic mass is 16.4. The van der Waals surface area contributed by atoms with Crippen molar-refractivity contribution in [2.75, 3.05) is 0 Å². The number of aryl methyl sites for hydroxylation is 1. The monoisotopic (exact) mass is 407 g/mol. The second kappa shape index (κ2) is 9.82. The molecule has 2 heterocycles. The van der Waals surface area contributed by atoms with Crippen molar-refractivity contribution in [2.24, 2.45) is 5.10 Å². The third-order valence-corrected chi connectivity index (χ3v) is 4.87. The van der Waals surface area contributed by atoms with Crippen LogP contribution >= 0.6 is 0 Å². The first kappa shape index (κ1) is 21.2. The number of hydrogen-bond donors (Lipinski definition) is 2. The number of benzene rings is 1. The molecular weight excluding hydrogens is 382 g/mol. The minimum Gasteiger partial charge on any atom is -0.508 e. The van der Waals surface area contributed by atoms with Gasteiger partial charge in [0.25, 0.3) is 5.91 Å². The molecular formula is C23H25N3O4. The lowest BCUT2D eigenvalue weighted by Crippen LogP contribution is -2.21. The van der Waals surface area contributed by atoms with Gasteiger partial charge in [-0.05, 0) is 49.6 Å². The van der Waals surface area contributed by atoms with Crippen molar-refractivity contribution >= 4 is 22.6 Å². The number of amides is 1. The van der Waals surface area contributed by atoms with Gasteiger partial charge in [0, 0.05) is 23.8 Å². The van der Waals surface area contributed by atoms with Crippen LogP contribution in [0.1, 0.15) is 61.0 Å². The molecule has 0 aliphatic heterocycles. The summed E-state index contributed by atoms with van der Waals surface area (Å²) in [6.07, 6.45) is 8.15. The smallest absolute Gasteiger partial charge is 0.345 e. The standard InChI is InChI=1S/C23H25N3O4/c1-3-4-5-6-8-16-11-18-12-19(23(29)30-21(18)13-20(16)27)15(2)25-26-22(28)17-9-7-10-24-14-17/h7,9-14,27H,3-6,8H2,1-2H3,(H,26,28)/b25-15+. The lowest BCUT2D eigenvalue weighted by atomic mass is 10.0. The first-order valence-corrected chi connectivity index (χ1v) is 10.0. The number of carbonyl (C=O) groups excluding carboxylic acids is 1. The summed E-state index contributed by atoms with van der Waals surface area (Å²) < 4.78 is 5.37. The Morgan fingerprint density at radius 3 is 2.80 bits per heavy atom. The van der Waals surface area contributed by atoms with Crippen molar-refractivity contribution in [2.45, 2.75) is 46.0 Å². The zero-order valence-corrected chi connectivity index (χ0v) is 17.1. The minimum absolute atomic E-state index is 0.129. The highest BCUT2D eigenvalue weighted by Gasteiger charge is 2.12. The fourth-order valence-electron chi connectivity index (χ4n) is 3.15. The van der Waals surface area contributed by atoms with E-state index in [0.29, 0.717) is 22.2 Å². The van der Waals surface area contributed by atoms with Crippen LogP contribution in [0.15, 0.2) is 57.0 Å². The molecule has 0 saturated carbocycles. The van der Waals surface area contributed by atoms with Crippen molar-refractivity contribution in [3.63, 3.8) is 0 Å². The molecule has 156 valence electrons. The Balaban J connectivity index is 1.84. The van der Waals surface area contributed by atoms with Gasteiger partial charge >= 0.3 is 5.63 Å². The zero-order chi connectivity index (χ0) is 21.5. The molecule has 0 atom stereocenters. The molecule has 1 aromatic carbocycles. The maximum absolute atomic E-state index is 12.4. The van der Waals surface area contributed by atoms with Gasteiger partial charge < -0.3 is 9.52 Å². The molecule has 3 aromatic rings. The van der Waals surface area contributed by atoms with Crippen LogP contribution in [0, 0.1) is 0 Å².